The second kappa shape index (κ2) is 7.75. The molecule has 0 aromatic carbocycles. The largest absolute Gasteiger partial charge is 0.368 e. The molecule has 2 fully saturated rings. The number of ether oxygens (including phenoxy) is 1. The third-order valence-corrected chi connectivity index (χ3v) is 4.82. The number of likely N-dealkylation sites (tertiary alicyclic amines) is 1. The van der Waals surface area contributed by atoms with Crippen LogP contribution < -0.4 is 0 Å². The Kier molecular flexibility index (Phi) is 5.45. The minimum atomic E-state index is -0.359. The first kappa shape index (κ1) is 16.9. The van der Waals surface area contributed by atoms with Crippen LogP contribution in [0.4, 0.5) is 0 Å². The van der Waals surface area contributed by atoms with Gasteiger partial charge in [0, 0.05) is 39.1 Å². The van der Waals surface area contributed by atoms with Gasteiger partial charge >= 0.3 is 0 Å². The van der Waals surface area contributed by atoms with Crippen molar-refractivity contribution in [2.24, 2.45) is 0 Å². The molecule has 6 heteroatoms. The molecule has 1 aromatic heterocycles. The molecule has 2 atom stereocenters. The standard InChI is InChI=1S/C18H25N3O3/c1-20(13-14-7-9-19-10-8-14)17(22)15-5-2-3-11-21(15)18(23)16-6-4-12-24-16/h7-10,15-16H,2-6,11-13H2,1H3. The van der Waals surface area contributed by atoms with Crippen LogP contribution >= 0.6 is 0 Å². The van der Waals surface area contributed by atoms with E-state index in [9.17, 15) is 9.59 Å². The number of carbonyl (C=O) groups is 2. The van der Waals surface area contributed by atoms with Gasteiger partial charge in [-0.15, -0.1) is 0 Å². The van der Waals surface area contributed by atoms with Crippen LogP contribution in [0.3, 0.4) is 0 Å². The number of amides is 2. The summed E-state index contributed by atoms with van der Waals surface area (Å²) in [7, 11) is 1.80. The second-order valence-electron chi connectivity index (χ2n) is 6.59. The summed E-state index contributed by atoms with van der Waals surface area (Å²) < 4.78 is 5.53. The molecule has 2 unspecified atom stereocenters. The Morgan fingerprint density at radius 1 is 1.25 bits per heavy atom. The van der Waals surface area contributed by atoms with Crippen molar-refractivity contribution in [3.05, 3.63) is 30.1 Å². The Hall–Kier alpha value is -1.95. The number of pyridine rings is 1. The Bertz CT molecular complexity index is 572. The summed E-state index contributed by atoms with van der Waals surface area (Å²) in [5.41, 5.74) is 1.04. The Morgan fingerprint density at radius 2 is 2.04 bits per heavy atom. The van der Waals surface area contributed by atoms with Gasteiger partial charge in [0.1, 0.15) is 12.1 Å². The fourth-order valence-corrected chi connectivity index (χ4v) is 3.50. The second-order valence-corrected chi connectivity index (χ2v) is 6.59. The fraction of sp³-hybridized carbons (Fsp3) is 0.611. The molecule has 0 spiro atoms. The fourth-order valence-electron chi connectivity index (χ4n) is 3.50. The molecule has 0 N–H and O–H groups in total. The van der Waals surface area contributed by atoms with Gasteiger partial charge in [0.05, 0.1) is 0 Å². The average molecular weight is 331 g/mol. The monoisotopic (exact) mass is 331 g/mol. The first-order valence-corrected chi connectivity index (χ1v) is 8.73. The van der Waals surface area contributed by atoms with Gasteiger partial charge in [0.2, 0.25) is 5.91 Å². The zero-order valence-electron chi connectivity index (χ0n) is 14.2. The van der Waals surface area contributed by atoms with Gasteiger partial charge < -0.3 is 14.5 Å². The van der Waals surface area contributed by atoms with Gasteiger partial charge in [-0.3, -0.25) is 14.6 Å². The van der Waals surface area contributed by atoms with Crippen molar-refractivity contribution in [1.82, 2.24) is 14.8 Å². The van der Waals surface area contributed by atoms with E-state index < -0.39 is 0 Å². The quantitative estimate of drug-likeness (QED) is 0.841. The van der Waals surface area contributed by atoms with Crippen molar-refractivity contribution in [1.29, 1.82) is 0 Å². The van der Waals surface area contributed by atoms with E-state index in [0.717, 1.165) is 37.7 Å². The van der Waals surface area contributed by atoms with Gasteiger partial charge in [-0.25, -0.2) is 0 Å². The summed E-state index contributed by atoms with van der Waals surface area (Å²) in [6.07, 6.45) is 7.45. The van der Waals surface area contributed by atoms with E-state index in [1.807, 2.05) is 12.1 Å². The molecule has 0 radical (unpaired) electrons. The van der Waals surface area contributed by atoms with Crippen molar-refractivity contribution < 1.29 is 14.3 Å². The summed E-state index contributed by atoms with van der Waals surface area (Å²) in [4.78, 5) is 33.1. The maximum Gasteiger partial charge on any atom is 0.252 e. The minimum Gasteiger partial charge on any atom is -0.368 e. The van der Waals surface area contributed by atoms with Gasteiger partial charge in [0.25, 0.3) is 5.91 Å². The molecule has 0 bridgehead atoms. The lowest BCUT2D eigenvalue weighted by Gasteiger charge is -2.37. The van der Waals surface area contributed by atoms with Gasteiger partial charge in [-0.1, -0.05) is 0 Å². The van der Waals surface area contributed by atoms with Crippen molar-refractivity contribution >= 4 is 11.8 Å². The molecule has 3 rings (SSSR count). The third kappa shape index (κ3) is 3.75. The number of carbonyl (C=O) groups excluding carboxylic acids is 2. The molecule has 3 heterocycles. The Morgan fingerprint density at radius 3 is 2.75 bits per heavy atom. The molecule has 2 saturated heterocycles. The van der Waals surface area contributed by atoms with Crippen molar-refractivity contribution in [3.8, 4) is 0 Å². The van der Waals surface area contributed by atoms with E-state index in [2.05, 4.69) is 4.98 Å². The smallest absolute Gasteiger partial charge is 0.252 e. The van der Waals surface area contributed by atoms with Crippen LogP contribution in [0.5, 0.6) is 0 Å². The molecule has 130 valence electrons. The van der Waals surface area contributed by atoms with Crippen molar-refractivity contribution in [2.45, 2.75) is 50.8 Å². The van der Waals surface area contributed by atoms with Gasteiger partial charge in [0.15, 0.2) is 0 Å². The SMILES string of the molecule is CN(Cc1ccncc1)C(=O)C1CCCCN1C(=O)C1CCCO1. The zero-order valence-corrected chi connectivity index (χ0v) is 14.2. The first-order chi connectivity index (χ1) is 11.7. The number of hydrogen-bond acceptors (Lipinski definition) is 4. The number of nitrogens with zero attached hydrogens (tertiary/aromatic N) is 3. The summed E-state index contributed by atoms with van der Waals surface area (Å²) in [6, 6.07) is 3.45. The summed E-state index contributed by atoms with van der Waals surface area (Å²) in [6.45, 7) is 1.82. The third-order valence-electron chi connectivity index (χ3n) is 4.82. The molecule has 2 aliphatic heterocycles. The lowest BCUT2D eigenvalue weighted by atomic mass is 9.99. The number of likely N-dealkylation sites (N-methyl/N-ethyl adjacent to an activating group) is 1. The highest BCUT2D eigenvalue weighted by Gasteiger charge is 2.37. The highest BCUT2D eigenvalue weighted by Crippen LogP contribution is 2.23. The summed E-state index contributed by atoms with van der Waals surface area (Å²) in [5.74, 6) is 0.000667. The van der Waals surface area contributed by atoms with E-state index >= 15 is 0 Å². The molecular formula is C18H25N3O3. The number of hydrogen-bond donors (Lipinski definition) is 0. The minimum absolute atomic E-state index is 0.0112. The van der Waals surface area contributed by atoms with Crippen LogP contribution in [-0.4, -0.2) is 58.9 Å². The Balaban J connectivity index is 1.67. The number of aromatic nitrogens is 1. The van der Waals surface area contributed by atoms with Gasteiger partial charge in [-0.05, 0) is 49.8 Å². The van der Waals surface area contributed by atoms with Crippen LogP contribution in [0.1, 0.15) is 37.7 Å². The predicted octanol–water partition coefficient (Wildman–Crippen LogP) is 1.60. The maximum atomic E-state index is 12.9. The maximum absolute atomic E-state index is 12.9. The Labute approximate surface area is 142 Å². The number of rotatable bonds is 4. The van der Waals surface area contributed by atoms with Crippen LogP contribution in [-0.2, 0) is 20.9 Å². The van der Waals surface area contributed by atoms with Crippen molar-refractivity contribution in [2.75, 3.05) is 20.2 Å². The van der Waals surface area contributed by atoms with E-state index in [4.69, 9.17) is 4.74 Å². The highest BCUT2D eigenvalue weighted by atomic mass is 16.5. The van der Waals surface area contributed by atoms with E-state index in [1.54, 1.807) is 29.2 Å². The molecule has 2 amide bonds. The van der Waals surface area contributed by atoms with Crippen LogP contribution in [0, 0.1) is 0 Å². The lowest BCUT2D eigenvalue weighted by molar-refractivity contribution is -0.153. The molecule has 1 aromatic rings. The molecule has 24 heavy (non-hydrogen) atoms. The molecule has 0 aliphatic carbocycles. The molecule has 2 aliphatic rings. The normalized spacial score (nSPS) is 24.0. The van der Waals surface area contributed by atoms with E-state index in [0.29, 0.717) is 19.7 Å². The zero-order chi connectivity index (χ0) is 16.9. The molecule has 0 saturated carbocycles. The van der Waals surface area contributed by atoms with Crippen molar-refractivity contribution in [3.63, 3.8) is 0 Å². The summed E-state index contributed by atoms with van der Waals surface area (Å²) >= 11 is 0. The van der Waals surface area contributed by atoms with Crippen LogP contribution in [0.2, 0.25) is 0 Å². The average Bonchev–Trinajstić information content (AvgIpc) is 3.16. The van der Waals surface area contributed by atoms with Crippen LogP contribution in [0.15, 0.2) is 24.5 Å². The number of piperidine rings is 1. The van der Waals surface area contributed by atoms with E-state index in [1.165, 1.54) is 0 Å². The first-order valence-electron chi connectivity index (χ1n) is 8.73. The molecule has 6 nitrogen and oxygen atoms in total. The molecular weight excluding hydrogens is 306 g/mol. The van der Waals surface area contributed by atoms with Gasteiger partial charge in [-0.2, -0.15) is 0 Å². The highest BCUT2D eigenvalue weighted by molar-refractivity contribution is 5.89. The summed E-state index contributed by atoms with van der Waals surface area (Å²) in [5, 5.41) is 0. The predicted molar refractivity (Wildman–Crippen MR) is 89.0 cm³/mol. The van der Waals surface area contributed by atoms with E-state index in [-0.39, 0.29) is 24.0 Å². The van der Waals surface area contributed by atoms with Crippen LogP contribution in [0.25, 0.3) is 0 Å². The lowest BCUT2D eigenvalue weighted by Crippen LogP contribution is -2.54. The topological polar surface area (TPSA) is 62.7 Å².